The molecule has 0 bridgehead atoms. The summed E-state index contributed by atoms with van der Waals surface area (Å²) >= 11 is 1.49. The number of amides is 1. The van der Waals surface area contributed by atoms with Crippen molar-refractivity contribution >= 4 is 33.3 Å². The van der Waals surface area contributed by atoms with Crippen molar-refractivity contribution in [3.8, 4) is 0 Å². The van der Waals surface area contributed by atoms with Crippen LogP contribution in [0.1, 0.15) is 40.5 Å². The van der Waals surface area contributed by atoms with E-state index >= 15 is 0 Å². The fraction of sp³-hybridized carbons (Fsp3) is 0.250. The highest BCUT2D eigenvalue weighted by Crippen LogP contribution is 2.40. The molecule has 4 nitrogen and oxygen atoms in total. The molecule has 0 aliphatic heterocycles. The van der Waals surface area contributed by atoms with Crippen molar-refractivity contribution in [2.75, 3.05) is 5.32 Å². The standard InChI is InChI=1S/C16H15N3OS/c1-9-2-3-11-7-13(17-12(11)6-9)15(20)19-16-18-14(8-21-16)10-4-5-10/h2-3,6-8,10,17H,4-5H2,1H3,(H,18,19,20). The number of nitrogens with zero attached hydrogens (tertiary/aromatic N) is 1. The average Bonchev–Trinajstić information content (AvgIpc) is 3.06. The van der Waals surface area contributed by atoms with E-state index in [1.54, 1.807) is 0 Å². The summed E-state index contributed by atoms with van der Waals surface area (Å²) in [5.41, 5.74) is 3.84. The Morgan fingerprint density at radius 2 is 2.24 bits per heavy atom. The highest BCUT2D eigenvalue weighted by atomic mass is 32.1. The highest BCUT2D eigenvalue weighted by molar-refractivity contribution is 7.14. The fourth-order valence-electron chi connectivity index (χ4n) is 2.44. The van der Waals surface area contributed by atoms with E-state index < -0.39 is 0 Å². The van der Waals surface area contributed by atoms with E-state index in [9.17, 15) is 4.79 Å². The van der Waals surface area contributed by atoms with Crippen LogP contribution < -0.4 is 5.32 Å². The molecule has 3 aromatic rings. The number of rotatable bonds is 3. The number of carbonyl (C=O) groups is 1. The third-order valence-electron chi connectivity index (χ3n) is 3.76. The van der Waals surface area contributed by atoms with Gasteiger partial charge in [-0.3, -0.25) is 10.1 Å². The number of aromatic amines is 1. The van der Waals surface area contributed by atoms with Crippen LogP contribution >= 0.6 is 11.3 Å². The first-order valence-corrected chi connectivity index (χ1v) is 7.93. The summed E-state index contributed by atoms with van der Waals surface area (Å²) in [4.78, 5) is 19.9. The van der Waals surface area contributed by atoms with E-state index in [2.05, 4.69) is 15.3 Å². The average molecular weight is 297 g/mol. The number of hydrogen-bond donors (Lipinski definition) is 2. The Kier molecular flexibility index (Phi) is 2.82. The van der Waals surface area contributed by atoms with Gasteiger partial charge >= 0.3 is 0 Å². The predicted octanol–water partition coefficient (Wildman–Crippen LogP) is 4.06. The third kappa shape index (κ3) is 2.45. The van der Waals surface area contributed by atoms with E-state index in [1.165, 1.54) is 29.7 Å². The molecule has 1 aliphatic carbocycles. The number of H-pyrrole nitrogens is 1. The molecule has 2 N–H and O–H groups in total. The molecule has 0 atom stereocenters. The Labute approximate surface area is 126 Å². The second-order valence-electron chi connectivity index (χ2n) is 5.58. The van der Waals surface area contributed by atoms with Gasteiger partial charge < -0.3 is 4.98 Å². The van der Waals surface area contributed by atoms with E-state index in [0.29, 0.717) is 16.7 Å². The first-order valence-electron chi connectivity index (χ1n) is 7.05. The number of anilines is 1. The molecule has 1 saturated carbocycles. The zero-order chi connectivity index (χ0) is 14.4. The number of aryl methyl sites for hydroxylation is 1. The minimum absolute atomic E-state index is 0.138. The number of hydrogen-bond acceptors (Lipinski definition) is 3. The lowest BCUT2D eigenvalue weighted by molar-refractivity contribution is 0.102. The zero-order valence-electron chi connectivity index (χ0n) is 11.6. The fourth-order valence-corrected chi connectivity index (χ4v) is 3.23. The number of aromatic nitrogens is 2. The number of carbonyl (C=O) groups excluding carboxylic acids is 1. The quantitative estimate of drug-likeness (QED) is 0.766. The van der Waals surface area contributed by atoms with Crippen LogP contribution in [0, 0.1) is 6.92 Å². The van der Waals surface area contributed by atoms with Gasteiger partial charge in [-0.25, -0.2) is 4.98 Å². The highest BCUT2D eigenvalue weighted by Gasteiger charge is 2.26. The molecular formula is C16H15N3OS. The van der Waals surface area contributed by atoms with Crippen molar-refractivity contribution in [1.29, 1.82) is 0 Å². The van der Waals surface area contributed by atoms with Gasteiger partial charge in [0.2, 0.25) is 0 Å². The van der Waals surface area contributed by atoms with Crippen molar-refractivity contribution in [1.82, 2.24) is 9.97 Å². The van der Waals surface area contributed by atoms with Crippen molar-refractivity contribution < 1.29 is 4.79 Å². The minimum atomic E-state index is -0.138. The van der Waals surface area contributed by atoms with E-state index in [1.807, 2.05) is 36.6 Å². The SMILES string of the molecule is Cc1ccc2cc(C(=O)Nc3nc(C4CC4)cs3)[nH]c2c1. The lowest BCUT2D eigenvalue weighted by Gasteiger charge is -1.98. The molecule has 2 aromatic heterocycles. The molecule has 0 radical (unpaired) electrons. The van der Waals surface area contributed by atoms with Gasteiger partial charge in [-0.2, -0.15) is 0 Å². The normalized spacial score (nSPS) is 14.5. The molecular weight excluding hydrogens is 282 g/mol. The number of thiazole rings is 1. The van der Waals surface area contributed by atoms with Crippen LogP contribution in [-0.4, -0.2) is 15.9 Å². The van der Waals surface area contributed by atoms with Gasteiger partial charge in [0.1, 0.15) is 5.69 Å². The van der Waals surface area contributed by atoms with Crippen molar-refractivity contribution in [3.63, 3.8) is 0 Å². The van der Waals surface area contributed by atoms with Crippen LogP contribution in [0.2, 0.25) is 0 Å². The smallest absolute Gasteiger partial charge is 0.273 e. The Morgan fingerprint density at radius 1 is 1.38 bits per heavy atom. The lowest BCUT2D eigenvalue weighted by Crippen LogP contribution is -2.12. The number of fused-ring (bicyclic) bond motifs is 1. The van der Waals surface area contributed by atoms with Crippen molar-refractivity contribution in [2.24, 2.45) is 0 Å². The van der Waals surface area contributed by atoms with Crippen LogP contribution in [-0.2, 0) is 0 Å². The molecule has 1 aromatic carbocycles. The van der Waals surface area contributed by atoms with E-state index in [0.717, 1.165) is 16.6 Å². The molecule has 1 aliphatic rings. The summed E-state index contributed by atoms with van der Waals surface area (Å²) in [7, 11) is 0. The van der Waals surface area contributed by atoms with Crippen LogP contribution in [0.4, 0.5) is 5.13 Å². The third-order valence-corrected chi connectivity index (χ3v) is 4.54. The second-order valence-corrected chi connectivity index (χ2v) is 6.44. The Bertz CT molecular complexity index is 829. The maximum Gasteiger partial charge on any atom is 0.273 e. The Morgan fingerprint density at radius 3 is 3.05 bits per heavy atom. The van der Waals surface area contributed by atoms with Crippen LogP contribution in [0.15, 0.2) is 29.6 Å². The lowest BCUT2D eigenvalue weighted by atomic mass is 10.2. The summed E-state index contributed by atoms with van der Waals surface area (Å²) in [6, 6.07) is 7.98. The summed E-state index contributed by atoms with van der Waals surface area (Å²) in [6.07, 6.45) is 2.44. The van der Waals surface area contributed by atoms with Gasteiger partial charge in [-0.05, 0) is 37.5 Å². The van der Waals surface area contributed by atoms with Crippen LogP contribution in [0.3, 0.4) is 0 Å². The molecule has 0 saturated heterocycles. The van der Waals surface area contributed by atoms with Crippen LogP contribution in [0.5, 0.6) is 0 Å². The summed E-state index contributed by atoms with van der Waals surface area (Å²) in [5.74, 6) is 0.475. The molecule has 21 heavy (non-hydrogen) atoms. The largest absolute Gasteiger partial charge is 0.351 e. The van der Waals surface area contributed by atoms with Gasteiger partial charge in [0, 0.05) is 22.2 Å². The predicted molar refractivity (Wildman–Crippen MR) is 85.1 cm³/mol. The van der Waals surface area contributed by atoms with Crippen LogP contribution in [0.25, 0.3) is 10.9 Å². The Hall–Kier alpha value is -2.14. The monoisotopic (exact) mass is 297 g/mol. The molecule has 2 heterocycles. The minimum Gasteiger partial charge on any atom is -0.351 e. The number of nitrogens with one attached hydrogen (secondary N) is 2. The maximum absolute atomic E-state index is 12.3. The van der Waals surface area contributed by atoms with Gasteiger partial charge in [-0.15, -0.1) is 11.3 Å². The van der Waals surface area contributed by atoms with Crippen molar-refractivity contribution in [3.05, 3.63) is 46.6 Å². The Balaban J connectivity index is 1.57. The van der Waals surface area contributed by atoms with Gasteiger partial charge in [0.05, 0.1) is 5.69 Å². The van der Waals surface area contributed by atoms with Gasteiger partial charge in [-0.1, -0.05) is 12.1 Å². The van der Waals surface area contributed by atoms with E-state index in [-0.39, 0.29) is 5.91 Å². The van der Waals surface area contributed by atoms with Gasteiger partial charge in [0.15, 0.2) is 5.13 Å². The topological polar surface area (TPSA) is 57.8 Å². The molecule has 0 unspecified atom stereocenters. The zero-order valence-corrected chi connectivity index (χ0v) is 12.5. The molecule has 1 amide bonds. The second kappa shape index (κ2) is 4.70. The molecule has 4 rings (SSSR count). The molecule has 1 fully saturated rings. The number of benzene rings is 1. The van der Waals surface area contributed by atoms with Gasteiger partial charge in [0.25, 0.3) is 5.91 Å². The maximum atomic E-state index is 12.3. The summed E-state index contributed by atoms with van der Waals surface area (Å²) < 4.78 is 0. The first kappa shape index (κ1) is 12.6. The summed E-state index contributed by atoms with van der Waals surface area (Å²) in [6.45, 7) is 2.04. The first-order chi connectivity index (χ1) is 10.2. The van der Waals surface area contributed by atoms with E-state index in [4.69, 9.17) is 0 Å². The van der Waals surface area contributed by atoms with Crippen molar-refractivity contribution in [2.45, 2.75) is 25.7 Å². The molecule has 0 spiro atoms. The molecule has 106 valence electrons. The molecule has 5 heteroatoms. The summed E-state index contributed by atoms with van der Waals surface area (Å²) in [5, 5.41) is 6.64.